The fourth-order valence-corrected chi connectivity index (χ4v) is 10.1. The molecule has 4 N–H and O–H groups in total. The number of rotatable bonds is 13. The molecule has 0 saturated heterocycles. The Bertz CT molecular complexity index is 3980. The van der Waals surface area contributed by atoms with Crippen LogP contribution in [0.4, 0.5) is 0 Å². The average molecular weight is 1150 g/mol. The van der Waals surface area contributed by atoms with Gasteiger partial charge < -0.3 is 34.1 Å². The molecule has 0 aliphatic heterocycles. The minimum absolute atomic E-state index is 0.0274. The number of halogens is 2. The van der Waals surface area contributed by atoms with Crippen molar-refractivity contribution in [2.75, 3.05) is 12.9 Å². The fourth-order valence-electron chi connectivity index (χ4n) is 8.81. The summed E-state index contributed by atoms with van der Waals surface area (Å²) < 4.78 is 19.0. The van der Waals surface area contributed by atoms with Crippen molar-refractivity contribution >= 4 is 96.6 Å². The van der Waals surface area contributed by atoms with Gasteiger partial charge in [0.05, 0.1) is 46.0 Å². The summed E-state index contributed by atoms with van der Waals surface area (Å²) in [4.78, 5) is 103. The number of methoxy groups -OCH3 is 1. The second-order valence-electron chi connectivity index (χ2n) is 18.0. The van der Waals surface area contributed by atoms with Gasteiger partial charge in [-0.1, -0.05) is 42.6 Å². The number of aryl methyl sites for hydroxylation is 4. The molecule has 0 spiro atoms. The predicted octanol–water partition coefficient (Wildman–Crippen LogP) is 10.4. The molecule has 0 aliphatic rings. The average Bonchev–Trinajstić information content (AvgIpc) is 4.11. The van der Waals surface area contributed by atoms with Crippen LogP contribution in [0.2, 0.25) is 5.02 Å². The molecule has 0 saturated carbocycles. The van der Waals surface area contributed by atoms with E-state index in [4.69, 9.17) is 25.8 Å². The van der Waals surface area contributed by atoms with E-state index in [1.807, 2.05) is 54.5 Å². The number of hydrogen-bond acceptors (Lipinski definition) is 14. The quantitative estimate of drug-likeness (QED) is 0.0363. The molecule has 0 aliphatic carbocycles. The highest BCUT2D eigenvalue weighted by Gasteiger charge is 2.24. The van der Waals surface area contributed by atoms with Crippen molar-refractivity contribution in [2.45, 2.75) is 80.7 Å². The normalized spacial score (nSPS) is 11.0. The van der Waals surface area contributed by atoms with Crippen LogP contribution in [-0.4, -0.2) is 85.2 Å². The zero-order valence-electron chi connectivity index (χ0n) is 43.8. The monoisotopic (exact) mass is 1140 g/mol. The Balaban J connectivity index is 0.000000168. The Morgan fingerprint density at radius 3 is 1.82 bits per heavy atom. The zero-order chi connectivity index (χ0) is 56.2. The van der Waals surface area contributed by atoms with Gasteiger partial charge in [0.1, 0.15) is 35.9 Å². The van der Waals surface area contributed by atoms with Crippen LogP contribution in [0.1, 0.15) is 118 Å². The number of pyridine rings is 3. The molecule has 0 amide bonds. The third-order valence-electron chi connectivity index (χ3n) is 12.2. The second kappa shape index (κ2) is 23.8. The summed E-state index contributed by atoms with van der Waals surface area (Å²) in [7, 11) is 1.28. The summed E-state index contributed by atoms with van der Waals surface area (Å²) in [5.41, 5.74) is 13.2. The lowest BCUT2D eigenvalue weighted by Crippen LogP contribution is -2.18. The molecule has 9 aromatic heterocycles. The minimum Gasteiger partial charge on any atom is -0.465 e. The van der Waals surface area contributed by atoms with Crippen LogP contribution in [0, 0.1) is 48.5 Å². The number of nitrogens with zero attached hydrogens (tertiary/aromatic N) is 6. The molecule has 9 aromatic rings. The molecular formula is C55H54BrClN10O9S. The largest absolute Gasteiger partial charge is 0.465 e. The van der Waals surface area contributed by atoms with Crippen LogP contribution >= 0.6 is 39.3 Å². The number of thioether (sulfide) groups is 1. The van der Waals surface area contributed by atoms with Crippen molar-refractivity contribution in [2.24, 2.45) is 0 Å². The number of carbonyl (C=O) groups excluding carboxylic acids is 4. The van der Waals surface area contributed by atoms with Gasteiger partial charge in [0.15, 0.2) is 16.6 Å². The minimum atomic E-state index is -0.642. The van der Waals surface area contributed by atoms with E-state index in [1.54, 1.807) is 56.6 Å². The standard InChI is InChI=1S/C19H18BrN3O3.C19H19N3O5.C17H17ClN4OS/c1-10(2)17-11(3)18(21-12(17)4)19(25)26-9-14-7-16(24)23-8-13(20)5-6-15(23)22-14;1-10-6-5-7-14-21-13(8-15(23)22(10)14)9-27-19(25)17-11(2)16(12(3)20-17)18(24)26-4;1-8(2)14-9(3)15(20-10(14)4)13(23)7-24-17-21-12-5-11(18)6-19-16(12)22-17/h5-8,21H,1,9H2,2-4H3;5-8,20H,9H2,1-4H3;5-6,20H,1,7H2,2-4H3,(H,19,21,22). The molecule has 19 nitrogen and oxygen atoms in total. The van der Waals surface area contributed by atoms with Gasteiger partial charge in [0.2, 0.25) is 0 Å². The lowest BCUT2D eigenvalue weighted by molar-refractivity contribution is 0.0452. The van der Waals surface area contributed by atoms with E-state index in [-0.39, 0.29) is 41.6 Å². The summed E-state index contributed by atoms with van der Waals surface area (Å²) >= 11 is 10.6. The number of hydrogen-bond donors (Lipinski definition) is 4. The SMILES string of the molecule is C=C(C)c1c(C)[nH]c(C(=O)CSc2nc3ncc(Cl)cc3[nH]2)c1C.C=C(C)c1c(C)[nH]c(C(=O)OCc2cc(=O)n3cc(Br)ccc3n2)c1C.COC(=O)c1c(C)[nH]c(C(=O)OCc2cc(=O)n3c(C)cccc3n2)c1C. The Kier molecular flexibility index (Phi) is 17.5. The van der Waals surface area contributed by atoms with Crippen molar-refractivity contribution < 1.29 is 33.4 Å². The summed E-state index contributed by atoms with van der Waals surface area (Å²) in [6, 6.07) is 13.3. The summed E-state index contributed by atoms with van der Waals surface area (Å²) in [6.45, 7) is 24.2. The van der Waals surface area contributed by atoms with E-state index >= 15 is 0 Å². The number of ether oxygens (including phenoxy) is 3. The molecule has 0 atom stereocenters. The number of esters is 3. The molecule has 0 radical (unpaired) electrons. The fraction of sp³-hybridized carbons (Fsp3) is 0.236. The second-order valence-corrected chi connectivity index (χ2v) is 20.3. The topological polar surface area (TPSA) is 254 Å². The molecule has 9 rings (SSSR count). The van der Waals surface area contributed by atoms with Crippen molar-refractivity contribution in [3.8, 4) is 0 Å². The number of nitrogens with one attached hydrogen (secondary N) is 4. The number of ketones is 1. The Labute approximate surface area is 458 Å². The van der Waals surface area contributed by atoms with Crippen LogP contribution < -0.4 is 11.1 Å². The van der Waals surface area contributed by atoms with E-state index in [2.05, 4.69) is 69.0 Å². The number of imidazole rings is 1. The molecule has 9 heterocycles. The maximum absolute atomic E-state index is 12.5. The number of fused-ring (bicyclic) bond motifs is 3. The number of aromatic amines is 4. The first kappa shape index (κ1) is 56.6. The highest BCUT2D eigenvalue weighted by Crippen LogP contribution is 2.28. The van der Waals surface area contributed by atoms with Crippen molar-refractivity contribution in [3.05, 3.63) is 189 Å². The van der Waals surface area contributed by atoms with E-state index in [0.29, 0.717) is 66.7 Å². The molecule has 0 fully saturated rings. The third-order valence-corrected chi connectivity index (χ3v) is 13.7. The predicted molar refractivity (Wildman–Crippen MR) is 299 cm³/mol. The number of allylic oxidation sites excluding steroid dienone is 2. The first-order valence-corrected chi connectivity index (χ1v) is 25.8. The Morgan fingerprint density at radius 1 is 0.688 bits per heavy atom. The number of carbonyl (C=O) groups is 4. The highest BCUT2D eigenvalue weighted by atomic mass is 79.9. The molecule has 398 valence electrons. The van der Waals surface area contributed by atoms with Gasteiger partial charge in [0, 0.05) is 62.9 Å². The molecule has 0 unspecified atom stereocenters. The summed E-state index contributed by atoms with van der Waals surface area (Å²) in [5, 5.41) is 1.19. The van der Waals surface area contributed by atoms with Gasteiger partial charge in [0.25, 0.3) is 11.1 Å². The van der Waals surface area contributed by atoms with Crippen molar-refractivity contribution in [1.82, 2.24) is 48.7 Å². The Morgan fingerprint density at radius 2 is 1.23 bits per heavy atom. The Hall–Kier alpha value is -8.14. The highest BCUT2D eigenvalue weighted by molar-refractivity contribution is 9.10. The zero-order valence-corrected chi connectivity index (χ0v) is 47.0. The maximum Gasteiger partial charge on any atom is 0.355 e. The smallest absolute Gasteiger partial charge is 0.355 e. The lowest BCUT2D eigenvalue weighted by Gasteiger charge is -2.07. The van der Waals surface area contributed by atoms with Gasteiger partial charge in [-0.3, -0.25) is 23.2 Å². The van der Waals surface area contributed by atoms with Crippen LogP contribution in [0.5, 0.6) is 0 Å². The first-order valence-electron chi connectivity index (χ1n) is 23.6. The molecule has 22 heteroatoms. The summed E-state index contributed by atoms with van der Waals surface area (Å²) in [5.74, 6) is -1.35. The van der Waals surface area contributed by atoms with Crippen LogP contribution in [-0.2, 0) is 27.4 Å². The number of Topliss-reactive ketones (excluding diaryl/α,β-unsaturated/α-hetero) is 1. The van der Waals surface area contributed by atoms with Crippen LogP contribution in [0.25, 0.3) is 33.6 Å². The van der Waals surface area contributed by atoms with E-state index in [0.717, 1.165) is 60.5 Å². The number of H-pyrrole nitrogens is 4. The third kappa shape index (κ3) is 12.6. The molecular weight excluding hydrogens is 1090 g/mol. The van der Waals surface area contributed by atoms with Gasteiger partial charge >= 0.3 is 17.9 Å². The van der Waals surface area contributed by atoms with Crippen LogP contribution in [0.15, 0.2) is 93.3 Å². The van der Waals surface area contributed by atoms with Gasteiger partial charge in [-0.25, -0.2) is 34.3 Å². The van der Waals surface area contributed by atoms with Crippen molar-refractivity contribution in [3.63, 3.8) is 0 Å². The van der Waals surface area contributed by atoms with E-state index in [9.17, 15) is 28.8 Å². The first-order chi connectivity index (χ1) is 36.5. The molecule has 0 bridgehead atoms. The molecule has 77 heavy (non-hydrogen) atoms. The summed E-state index contributed by atoms with van der Waals surface area (Å²) in [6.07, 6.45) is 3.19. The molecule has 0 aromatic carbocycles. The maximum atomic E-state index is 12.5. The van der Waals surface area contributed by atoms with E-state index in [1.165, 1.54) is 39.8 Å². The lowest BCUT2D eigenvalue weighted by atomic mass is 10.0. The number of aromatic nitrogens is 10. The van der Waals surface area contributed by atoms with Gasteiger partial charge in [-0.2, -0.15) is 0 Å². The van der Waals surface area contributed by atoms with Gasteiger partial charge in [-0.15, -0.1) is 0 Å². The van der Waals surface area contributed by atoms with E-state index < -0.39 is 17.9 Å². The van der Waals surface area contributed by atoms with Gasteiger partial charge in [-0.05, 0) is 136 Å². The van der Waals surface area contributed by atoms with Crippen molar-refractivity contribution in [1.29, 1.82) is 0 Å². The van der Waals surface area contributed by atoms with Crippen LogP contribution in [0.3, 0.4) is 0 Å².